The summed E-state index contributed by atoms with van der Waals surface area (Å²) in [5, 5.41) is 8.74. The van der Waals surface area contributed by atoms with Crippen molar-refractivity contribution in [2.45, 2.75) is 13.3 Å². The molecule has 4 heteroatoms. The molecule has 0 aromatic heterocycles. The van der Waals surface area contributed by atoms with Crippen LogP contribution in [0.25, 0.3) is 0 Å². The molecule has 2 amide bonds. The molecule has 0 saturated carbocycles. The fraction of sp³-hybridized carbons (Fsp3) is 0.417. The van der Waals surface area contributed by atoms with Crippen molar-refractivity contribution in [3.05, 3.63) is 30.3 Å². The van der Waals surface area contributed by atoms with Crippen LogP contribution in [0, 0.1) is 0 Å². The van der Waals surface area contributed by atoms with Crippen molar-refractivity contribution in [1.82, 2.24) is 10.6 Å². The van der Waals surface area contributed by atoms with E-state index < -0.39 is 0 Å². The number of para-hydroxylation sites is 1. The zero-order valence-electron chi connectivity index (χ0n) is 9.62. The molecule has 88 valence electrons. The van der Waals surface area contributed by atoms with Crippen molar-refractivity contribution in [2.24, 2.45) is 0 Å². The van der Waals surface area contributed by atoms with Crippen LogP contribution in [0.15, 0.2) is 30.3 Å². The van der Waals surface area contributed by atoms with Crippen molar-refractivity contribution in [3.8, 4) is 0 Å². The highest BCUT2D eigenvalue weighted by atomic mass is 16.2. The molecular formula is C12H19N3O. The van der Waals surface area contributed by atoms with E-state index in [1.165, 1.54) is 0 Å². The summed E-state index contributed by atoms with van der Waals surface area (Å²) in [6.07, 6.45) is 1.11. The lowest BCUT2D eigenvalue weighted by molar-refractivity contribution is 0.252. The number of nitrogens with one attached hydrogen (secondary N) is 3. The van der Waals surface area contributed by atoms with E-state index in [1.807, 2.05) is 30.3 Å². The number of hydrogen-bond donors (Lipinski definition) is 3. The average Bonchev–Trinajstić information content (AvgIpc) is 2.30. The minimum atomic E-state index is -0.163. The van der Waals surface area contributed by atoms with E-state index in [-0.39, 0.29) is 6.03 Å². The van der Waals surface area contributed by atoms with Gasteiger partial charge in [-0.25, -0.2) is 4.79 Å². The number of anilines is 1. The molecule has 3 N–H and O–H groups in total. The van der Waals surface area contributed by atoms with Crippen molar-refractivity contribution < 1.29 is 4.79 Å². The van der Waals surface area contributed by atoms with Crippen LogP contribution in [0.4, 0.5) is 10.5 Å². The second-order valence-corrected chi connectivity index (χ2v) is 3.50. The number of carbonyl (C=O) groups excluding carboxylic acids is 1. The van der Waals surface area contributed by atoms with Crippen molar-refractivity contribution in [2.75, 3.05) is 25.0 Å². The van der Waals surface area contributed by atoms with Crippen LogP contribution in [-0.2, 0) is 0 Å². The third kappa shape index (κ3) is 5.36. The Kier molecular flexibility index (Phi) is 6.03. The second kappa shape index (κ2) is 7.70. The maximum absolute atomic E-state index is 11.4. The molecule has 0 fully saturated rings. The lowest BCUT2D eigenvalue weighted by Crippen LogP contribution is -2.34. The highest BCUT2D eigenvalue weighted by molar-refractivity contribution is 5.89. The molecule has 0 bridgehead atoms. The first-order valence-electron chi connectivity index (χ1n) is 5.63. The molecule has 16 heavy (non-hydrogen) atoms. The molecule has 0 radical (unpaired) electrons. The molecule has 0 aliphatic carbocycles. The first kappa shape index (κ1) is 12.5. The van der Waals surface area contributed by atoms with Gasteiger partial charge in [0, 0.05) is 18.8 Å². The van der Waals surface area contributed by atoms with Gasteiger partial charge in [-0.3, -0.25) is 0 Å². The lowest BCUT2D eigenvalue weighted by atomic mass is 10.3. The van der Waals surface area contributed by atoms with Gasteiger partial charge in [0.05, 0.1) is 0 Å². The molecule has 1 aromatic rings. The van der Waals surface area contributed by atoms with Crippen LogP contribution >= 0.6 is 0 Å². The maximum atomic E-state index is 11.4. The van der Waals surface area contributed by atoms with E-state index in [0.717, 1.165) is 25.2 Å². The predicted octanol–water partition coefficient (Wildman–Crippen LogP) is 1.81. The average molecular weight is 221 g/mol. The number of carbonyl (C=O) groups is 1. The lowest BCUT2D eigenvalue weighted by Gasteiger charge is -2.07. The van der Waals surface area contributed by atoms with Gasteiger partial charge in [-0.05, 0) is 25.1 Å². The zero-order valence-corrected chi connectivity index (χ0v) is 9.62. The van der Waals surface area contributed by atoms with Crippen LogP contribution in [0.1, 0.15) is 13.3 Å². The van der Waals surface area contributed by atoms with Gasteiger partial charge < -0.3 is 16.0 Å². The van der Waals surface area contributed by atoms with E-state index in [9.17, 15) is 4.79 Å². The number of urea groups is 1. The number of amides is 2. The summed E-state index contributed by atoms with van der Waals surface area (Å²) in [5.74, 6) is 0. The van der Waals surface area contributed by atoms with Gasteiger partial charge in [-0.1, -0.05) is 25.1 Å². The molecule has 0 aliphatic heterocycles. The smallest absolute Gasteiger partial charge is 0.319 e. The molecular weight excluding hydrogens is 202 g/mol. The van der Waals surface area contributed by atoms with Gasteiger partial charge in [-0.15, -0.1) is 0 Å². The quantitative estimate of drug-likeness (QED) is 0.642. The summed E-state index contributed by atoms with van der Waals surface area (Å²) < 4.78 is 0. The highest BCUT2D eigenvalue weighted by Gasteiger charge is 1.98. The molecule has 0 spiro atoms. The third-order valence-corrected chi connectivity index (χ3v) is 2.05. The zero-order chi connectivity index (χ0) is 11.6. The van der Waals surface area contributed by atoms with Crippen LogP contribution in [0.2, 0.25) is 0 Å². The Bertz CT molecular complexity index is 300. The second-order valence-electron chi connectivity index (χ2n) is 3.50. The van der Waals surface area contributed by atoms with Gasteiger partial charge in [0.15, 0.2) is 0 Å². The Morgan fingerprint density at radius 1 is 1.12 bits per heavy atom. The molecule has 0 aliphatic rings. The first-order chi connectivity index (χ1) is 7.83. The molecule has 1 aromatic carbocycles. The Morgan fingerprint density at radius 3 is 2.56 bits per heavy atom. The van der Waals surface area contributed by atoms with Crippen molar-refractivity contribution in [3.63, 3.8) is 0 Å². The van der Waals surface area contributed by atoms with E-state index >= 15 is 0 Å². The van der Waals surface area contributed by atoms with Crippen LogP contribution < -0.4 is 16.0 Å². The van der Waals surface area contributed by atoms with Gasteiger partial charge in [0.25, 0.3) is 0 Å². The Balaban J connectivity index is 2.12. The number of rotatable bonds is 6. The molecule has 0 saturated heterocycles. The molecule has 0 unspecified atom stereocenters. The number of hydrogen-bond acceptors (Lipinski definition) is 2. The predicted molar refractivity (Wildman–Crippen MR) is 66.6 cm³/mol. The van der Waals surface area contributed by atoms with E-state index in [4.69, 9.17) is 0 Å². The van der Waals surface area contributed by atoms with Crippen molar-refractivity contribution >= 4 is 11.7 Å². The summed E-state index contributed by atoms with van der Waals surface area (Å²) in [5.41, 5.74) is 0.807. The fourth-order valence-corrected chi connectivity index (χ4v) is 1.26. The van der Waals surface area contributed by atoms with Crippen LogP contribution in [-0.4, -0.2) is 25.7 Å². The standard InChI is InChI=1S/C12H19N3O/c1-2-8-13-9-10-14-12(16)15-11-6-4-3-5-7-11/h3-7,13H,2,8-10H2,1H3,(H2,14,15,16). The molecule has 1 rings (SSSR count). The molecule has 0 atom stereocenters. The molecule has 4 nitrogen and oxygen atoms in total. The maximum Gasteiger partial charge on any atom is 0.319 e. The third-order valence-electron chi connectivity index (χ3n) is 2.05. The molecule has 0 heterocycles. The number of benzene rings is 1. The minimum absolute atomic E-state index is 0.163. The SMILES string of the molecule is CCCNCCNC(=O)Nc1ccccc1. The first-order valence-corrected chi connectivity index (χ1v) is 5.63. The van der Waals surface area contributed by atoms with Gasteiger partial charge in [0.1, 0.15) is 0 Å². The van der Waals surface area contributed by atoms with Crippen molar-refractivity contribution in [1.29, 1.82) is 0 Å². The summed E-state index contributed by atoms with van der Waals surface area (Å²) in [4.78, 5) is 11.4. The Hall–Kier alpha value is -1.55. The topological polar surface area (TPSA) is 53.2 Å². The van der Waals surface area contributed by atoms with E-state index in [1.54, 1.807) is 0 Å². The Labute approximate surface area is 96.4 Å². The highest BCUT2D eigenvalue weighted by Crippen LogP contribution is 2.03. The Morgan fingerprint density at radius 2 is 1.88 bits per heavy atom. The summed E-state index contributed by atoms with van der Waals surface area (Å²) >= 11 is 0. The van der Waals surface area contributed by atoms with Gasteiger partial charge >= 0.3 is 6.03 Å². The normalized spacial score (nSPS) is 9.81. The fourth-order valence-electron chi connectivity index (χ4n) is 1.26. The van der Waals surface area contributed by atoms with Gasteiger partial charge in [-0.2, -0.15) is 0 Å². The van der Waals surface area contributed by atoms with Crippen LogP contribution in [0.5, 0.6) is 0 Å². The minimum Gasteiger partial charge on any atom is -0.337 e. The summed E-state index contributed by atoms with van der Waals surface area (Å²) in [6.45, 7) is 4.54. The monoisotopic (exact) mass is 221 g/mol. The van der Waals surface area contributed by atoms with E-state index in [2.05, 4.69) is 22.9 Å². The van der Waals surface area contributed by atoms with Gasteiger partial charge in [0.2, 0.25) is 0 Å². The van der Waals surface area contributed by atoms with E-state index in [0.29, 0.717) is 6.54 Å². The summed E-state index contributed by atoms with van der Waals surface area (Å²) in [7, 11) is 0. The largest absolute Gasteiger partial charge is 0.337 e. The van der Waals surface area contributed by atoms with Crippen LogP contribution in [0.3, 0.4) is 0 Å². The summed E-state index contributed by atoms with van der Waals surface area (Å²) in [6, 6.07) is 9.24.